The van der Waals surface area contributed by atoms with Crippen LogP contribution < -0.4 is 0 Å². The van der Waals surface area contributed by atoms with Crippen LogP contribution in [0.25, 0.3) is 27.3 Å². The van der Waals surface area contributed by atoms with Gasteiger partial charge >= 0.3 is 0 Å². The lowest BCUT2D eigenvalue weighted by atomic mass is 10.2. The molecule has 4 aromatic heterocycles. The Hall–Kier alpha value is -2.81. The normalized spacial score (nSPS) is 11.5. The molecule has 0 aliphatic rings. The van der Waals surface area contributed by atoms with Crippen LogP contribution >= 0.6 is 11.3 Å². The average Bonchev–Trinajstić information content (AvgIpc) is 3.29. The molecule has 8 nitrogen and oxygen atoms in total. The Labute approximate surface area is 147 Å². The largest absolute Gasteiger partial charge is 0.344 e. The van der Waals surface area contributed by atoms with E-state index in [4.69, 9.17) is 0 Å². The summed E-state index contributed by atoms with van der Waals surface area (Å²) in [5.74, 6) is 0.572. The van der Waals surface area contributed by atoms with Gasteiger partial charge in [-0.25, -0.2) is 14.5 Å². The summed E-state index contributed by atoms with van der Waals surface area (Å²) in [5, 5.41) is 9.66. The molecule has 1 amide bonds. The quantitative estimate of drug-likeness (QED) is 0.563. The summed E-state index contributed by atoms with van der Waals surface area (Å²) >= 11 is 1.39. The van der Waals surface area contributed by atoms with Gasteiger partial charge in [0.05, 0.1) is 22.0 Å². The first kappa shape index (κ1) is 15.7. The third kappa shape index (κ3) is 2.39. The third-order valence-corrected chi connectivity index (χ3v) is 5.27. The van der Waals surface area contributed by atoms with Crippen molar-refractivity contribution in [3.63, 3.8) is 0 Å². The van der Waals surface area contributed by atoms with E-state index < -0.39 is 0 Å². The Balaban J connectivity index is 1.92. The maximum absolute atomic E-state index is 12.4. The topological polar surface area (TPSA) is 81.2 Å². The molecule has 4 heterocycles. The van der Waals surface area contributed by atoms with E-state index in [9.17, 15) is 4.79 Å². The lowest BCUT2D eigenvalue weighted by Crippen LogP contribution is -2.21. The SMILES string of the molecule is CCn1cc(-c2nc3c4c(C)c(C(=O)N(C)C)sc4ncn3n2)cn1. The summed E-state index contributed by atoms with van der Waals surface area (Å²) in [4.78, 5) is 24.6. The van der Waals surface area contributed by atoms with Crippen LogP contribution in [0.1, 0.15) is 22.2 Å². The van der Waals surface area contributed by atoms with Crippen molar-refractivity contribution in [2.24, 2.45) is 0 Å². The van der Waals surface area contributed by atoms with E-state index in [-0.39, 0.29) is 5.91 Å². The van der Waals surface area contributed by atoms with Crippen molar-refractivity contribution in [3.05, 3.63) is 29.2 Å². The predicted octanol–water partition coefficient (Wildman–Crippen LogP) is 2.23. The Kier molecular flexibility index (Phi) is 3.53. The van der Waals surface area contributed by atoms with Crippen molar-refractivity contribution >= 4 is 33.1 Å². The van der Waals surface area contributed by atoms with Crippen LogP contribution in [0.15, 0.2) is 18.7 Å². The molecule has 0 N–H and O–H groups in total. The Morgan fingerprint density at radius 2 is 2.16 bits per heavy atom. The fourth-order valence-electron chi connectivity index (χ4n) is 2.72. The zero-order valence-corrected chi connectivity index (χ0v) is 15.2. The van der Waals surface area contributed by atoms with E-state index in [1.165, 1.54) is 11.3 Å². The molecule has 128 valence electrons. The number of hydrogen-bond acceptors (Lipinski definition) is 6. The summed E-state index contributed by atoms with van der Waals surface area (Å²) in [7, 11) is 3.49. The van der Waals surface area contributed by atoms with Crippen LogP contribution in [-0.4, -0.2) is 54.3 Å². The molecule has 0 aromatic carbocycles. The Morgan fingerprint density at radius 1 is 1.36 bits per heavy atom. The van der Waals surface area contributed by atoms with Crippen LogP contribution in [0, 0.1) is 6.92 Å². The number of aromatic nitrogens is 6. The van der Waals surface area contributed by atoms with Crippen LogP contribution in [0.4, 0.5) is 0 Å². The number of fused-ring (bicyclic) bond motifs is 3. The molecule has 0 fully saturated rings. The summed E-state index contributed by atoms with van der Waals surface area (Å²) in [6.45, 7) is 4.75. The second-order valence-electron chi connectivity index (χ2n) is 5.97. The minimum absolute atomic E-state index is 0.0254. The van der Waals surface area contributed by atoms with E-state index in [0.29, 0.717) is 16.3 Å². The number of aryl methyl sites for hydroxylation is 2. The molecule has 0 unspecified atom stereocenters. The number of carbonyl (C=O) groups excluding carboxylic acids is 1. The van der Waals surface area contributed by atoms with E-state index >= 15 is 0 Å². The first-order valence-electron chi connectivity index (χ1n) is 7.88. The highest BCUT2D eigenvalue weighted by molar-refractivity contribution is 7.20. The fourth-order valence-corrected chi connectivity index (χ4v) is 3.88. The lowest BCUT2D eigenvalue weighted by molar-refractivity contribution is 0.0831. The second kappa shape index (κ2) is 5.62. The van der Waals surface area contributed by atoms with Gasteiger partial charge in [0.25, 0.3) is 5.91 Å². The predicted molar refractivity (Wildman–Crippen MR) is 95.8 cm³/mol. The molecule has 0 saturated heterocycles. The zero-order chi connectivity index (χ0) is 17.7. The summed E-state index contributed by atoms with van der Waals surface area (Å²) < 4.78 is 3.49. The van der Waals surface area contributed by atoms with Crippen molar-refractivity contribution in [1.29, 1.82) is 0 Å². The Bertz CT molecular complexity index is 1100. The van der Waals surface area contributed by atoms with E-state index in [1.54, 1.807) is 36.0 Å². The van der Waals surface area contributed by atoms with E-state index in [0.717, 1.165) is 27.9 Å². The minimum Gasteiger partial charge on any atom is -0.344 e. The van der Waals surface area contributed by atoms with Gasteiger partial charge in [-0.1, -0.05) is 0 Å². The highest BCUT2D eigenvalue weighted by Gasteiger charge is 2.21. The molecule has 0 spiro atoms. The number of amides is 1. The van der Waals surface area contributed by atoms with E-state index in [2.05, 4.69) is 20.2 Å². The monoisotopic (exact) mass is 355 g/mol. The van der Waals surface area contributed by atoms with Gasteiger partial charge in [-0.15, -0.1) is 16.4 Å². The van der Waals surface area contributed by atoms with Gasteiger partial charge < -0.3 is 4.90 Å². The van der Waals surface area contributed by atoms with Crippen molar-refractivity contribution in [3.8, 4) is 11.4 Å². The van der Waals surface area contributed by atoms with Crippen molar-refractivity contribution in [1.82, 2.24) is 34.3 Å². The molecule has 4 rings (SSSR count). The molecule has 0 saturated carbocycles. The number of hydrogen-bond donors (Lipinski definition) is 0. The van der Waals surface area contributed by atoms with Crippen molar-refractivity contribution in [2.45, 2.75) is 20.4 Å². The number of carbonyl (C=O) groups is 1. The molecule has 0 atom stereocenters. The van der Waals surface area contributed by atoms with Crippen molar-refractivity contribution in [2.75, 3.05) is 14.1 Å². The van der Waals surface area contributed by atoms with Gasteiger partial charge in [-0.05, 0) is 19.4 Å². The molecule has 25 heavy (non-hydrogen) atoms. The van der Waals surface area contributed by atoms with Crippen LogP contribution in [0.5, 0.6) is 0 Å². The number of rotatable bonds is 3. The molecule has 0 aliphatic carbocycles. The molecular formula is C16H17N7OS. The van der Waals surface area contributed by atoms with Gasteiger partial charge in [0.15, 0.2) is 11.5 Å². The highest BCUT2D eigenvalue weighted by atomic mass is 32.1. The number of nitrogens with zero attached hydrogens (tertiary/aromatic N) is 7. The summed E-state index contributed by atoms with van der Waals surface area (Å²) in [5.41, 5.74) is 2.45. The molecule has 0 bridgehead atoms. The zero-order valence-electron chi connectivity index (χ0n) is 14.4. The second-order valence-corrected chi connectivity index (χ2v) is 6.97. The smallest absolute Gasteiger partial charge is 0.263 e. The van der Waals surface area contributed by atoms with Crippen LogP contribution in [0.3, 0.4) is 0 Å². The van der Waals surface area contributed by atoms with Crippen LogP contribution in [0.2, 0.25) is 0 Å². The van der Waals surface area contributed by atoms with Gasteiger partial charge in [0, 0.05) is 26.8 Å². The summed E-state index contributed by atoms with van der Waals surface area (Å²) in [6.07, 6.45) is 5.31. The molecule has 9 heteroatoms. The lowest BCUT2D eigenvalue weighted by Gasteiger charge is -2.08. The van der Waals surface area contributed by atoms with Gasteiger partial charge in [-0.2, -0.15) is 5.10 Å². The van der Waals surface area contributed by atoms with Crippen LogP contribution in [-0.2, 0) is 6.54 Å². The van der Waals surface area contributed by atoms with Gasteiger partial charge in [-0.3, -0.25) is 9.48 Å². The van der Waals surface area contributed by atoms with Crippen molar-refractivity contribution < 1.29 is 4.79 Å². The molecular weight excluding hydrogens is 338 g/mol. The molecule has 0 radical (unpaired) electrons. The number of thiophene rings is 1. The van der Waals surface area contributed by atoms with Gasteiger partial charge in [0.2, 0.25) is 0 Å². The summed E-state index contributed by atoms with van der Waals surface area (Å²) in [6, 6.07) is 0. The standard InChI is InChI=1S/C16H17N7OS/c1-5-22-7-10(6-18-22)13-19-14-11-9(2)12(16(24)21(3)4)25-15(11)17-8-23(14)20-13/h6-8H,5H2,1-4H3. The fraction of sp³-hybridized carbons (Fsp3) is 0.312. The maximum Gasteiger partial charge on any atom is 0.263 e. The first-order chi connectivity index (χ1) is 12.0. The highest BCUT2D eigenvalue weighted by Crippen LogP contribution is 2.32. The Morgan fingerprint density at radius 3 is 2.84 bits per heavy atom. The minimum atomic E-state index is -0.0254. The molecule has 4 aromatic rings. The van der Waals surface area contributed by atoms with Gasteiger partial charge in [0.1, 0.15) is 11.2 Å². The molecule has 0 aliphatic heterocycles. The average molecular weight is 355 g/mol. The first-order valence-corrected chi connectivity index (χ1v) is 8.70. The van der Waals surface area contributed by atoms with E-state index in [1.807, 2.05) is 24.7 Å². The maximum atomic E-state index is 12.4. The third-order valence-electron chi connectivity index (χ3n) is 4.08.